The molecule has 1 saturated heterocycles. The van der Waals surface area contributed by atoms with Gasteiger partial charge in [-0.2, -0.15) is 4.31 Å². The molecule has 0 spiro atoms. The third kappa shape index (κ3) is 2.98. The molecule has 1 fully saturated rings. The van der Waals surface area contributed by atoms with Gasteiger partial charge in [0.15, 0.2) is 0 Å². The molecule has 1 heterocycles. The Morgan fingerprint density at radius 3 is 2.45 bits per heavy atom. The lowest BCUT2D eigenvalue weighted by Crippen LogP contribution is -2.61. The maximum Gasteiger partial charge on any atom is 0.248 e. The summed E-state index contributed by atoms with van der Waals surface area (Å²) in [4.78, 5) is 12.6. The maximum atomic E-state index is 14.0. The quantitative estimate of drug-likeness (QED) is 0.822. The summed E-state index contributed by atoms with van der Waals surface area (Å²) >= 11 is 5.90. The van der Waals surface area contributed by atoms with Gasteiger partial charge >= 0.3 is 0 Å². The first-order valence-corrected chi connectivity index (χ1v) is 8.61. The van der Waals surface area contributed by atoms with Crippen LogP contribution in [0, 0.1) is 5.82 Å². The van der Waals surface area contributed by atoms with E-state index in [0.29, 0.717) is 0 Å². The maximum absolute atomic E-state index is 14.0. The first kappa shape index (κ1) is 17.2. The number of carbonyl (C=O) groups excluding carboxylic acids is 1. The van der Waals surface area contributed by atoms with Crippen LogP contribution < -0.4 is 0 Å². The minimum atomic E-state index is -4.09. The zero-order valence-corrected chi connectivity index (χ0v) is 14.2. The van der Waals surface area contributed by atoms with Crippen LogP contribution in [0.1, 0.15) is 20.8 Å². The van der Waals surface area contributed by atoms with Crippen molar-refractivity contribution in [2.45, 2.75) is 31.2 Å². The van der Waals surface area contributed by atoms with E-state index in [-0.39, 0.29) is 30.6 Å². The molecule has 1 amide bonds. The van der Waals surface area contributed by atoms with Gasteiger partial charge in [0.25, 0.3) is 0 Å². The Balaban J connectivity index is 2.45. The number of amides is 1. The van der Waals surface area contributed by atoms with E-state index in [4.69, 9.17) is 11.6 Å². The van der Waals surface area contributed by atoms with Crippen molar-refractivity contribution < 1.29 is 17.6 Å². The number of rotatable bonds is 2. The zero-order chi connectivity index (χ0) is 16.7. The number of hydrogen-bond donors (Lipinski definition) is 0. The van der Waals surface area contributed by atoms with Gasteiger partial charge in [-0.1, -0.05) is 17.7 Å². The van der Waals surface area contributed by atoms with Crippen LogP contribution in [0.25, 0.3) is 0 Å². The predicted octanol–water partition coefficient (Wildman–Crippen LogP) is 2.11. The molecular formula is C14H18ClFN2O3S. The molecule has 1 aliphatic heterocycles. The van der Waals surface area contributed by atoms with E-state index >= 15 is 0 Å². The molecule has 5 nitrogen and oxygen atoms in total. The van der Waals surface area contributed by atoms with E-state index in [1.54, 1.807) is 18.7 Å². The third-order valence-electron chi connectivity index (χ3n) is 3.74. The van der Waals surface area contributed by atoms with Gasteiger partial charge in [0.2, 0.25) is 15.9 Å². The monoisotopic (exact) mass is 348 g/mol. The molecule has 0 N–H and O–H groups in total. The molecule has 1 aromatic rings. The molecule has 0 atom stereocenters. The summed E-state index contributed by atoms with van der Waals surface area (Å²) < 4.78 is 40.9. The number of nitrogens with zero attached hydrogens (tertiary/aromatic N) is 2. The van der Waals surface area contributed by atoms with Crippen LogP contribution in [-0.2, 0) is 14.8 Å². The average molecular weight is 349 g/mol. The molecule has 1 aliphatic rings. The topological polar surface area (TPSA) is 57.7 Å². The fourth-order valence-electron chi connectivity index (χ4n) is 2.69. The van der Waals surface area contributed by atoms with Gasteiger partial charge in [0.05, 0.1) is 5.02 Å². The summed E-state index contributed by atoms with van der Waals surface area (Å²) in [6.45, 7) is 5.45. The first-order chi connectivity index (χ1) is 10.1. The summed E-state index contributed by atoms with van der Waals surface area (Å²) in [5.41, 5.74) is -0.853. The van der Waals surface area contributed by atoms with Crippen molar-refractivity contribution >= 4 is 27.5 Å². The number of hydrogen-bond acceptors (Lipinski definition) is 3. The Hall–Kier alpha value is -1.18. The molecule has 122 valence electrons. The summed E-state index contributed by atoms with van der Waals surface area (Å²) in [6.07, 6.45) is 0. The summed E-state index contributed by atoms with van der Waals surface area (Å²) in [5, 5.41) is -0.148. The van der Waals surface area contributed by atoms with Gasteiger partial charge < -0.3 is 4.90 Å². The van der Waals surface area contributed by atoms with Crippen LogP contribution in [0.15, 0.2) is 23.1 Å². The van der Waals surface area contributed by atoms with Crippen molar-refractivity contribution in [1.29, 1.82) is 0 Å². The van der Waals surface area contributed by atoms with Crippen LogP contribution in [0.5, 0.6) is 0 Å². The molecule has 0 aromatic heterocycles. The molecular weight excluding hydrogens is 331 g/mol. The van der Waals surface area contributed by atoms with Gasteiger partial charge in [-0.05, 0) is 26.0 Å². The fourth-order valence-corrected chi connectivity index (χ4v) is 5.03. The second-order valence-electron chi connectivity index (χ2n) is 5.88. The number of benzene rings is 1. The highest BCUT2D eigenvalue weighted by molar-refractivity contribution is 7.89. The largest absolute Gasteiger partial charge is 0.340 e. The molecule has 2 rings (SSSR count). The van der Waals surface area contributed by atoms with E-state index in [9.17, 15) is 17.6 Å². The Labute approximate surface area is 134 Å². The molecule has 1 aromatic carbocycles. The van der Waals surface area contributed by atoms with Gasteiger partial charge in [-0.15, -0.1) is 0 Å². The SMILES string of the molecule is CC(=O)N1CCN(S(=O)(=O)c2c(F)cccc2Cl)C(C)(C)C1. The van der Waals surface area contributed by atoms with Crippen LogP contribution in [-0.4, -0.2) is 48.7 Å². The highest BCUT2D eigenvalue weighted by atomic mass is 35.5. The number of piperazine rings is 1. The number of halogens is 2. The van der Waals surface area contributed by atoms with Gasteiger partial charge in [0.1, 0.15) is 10.7 Å². The van der Waals surface area contributed by atoms with Crippen LogP contribution in [0.3, 0.4) is 0 Å². The van der Waals surface area contributed by atoms with Crippen molar-refractivity contribution in [3.63, 3.8) is 0 Å². The predicted molar refractivity (Wildman–Crippen MR) is 81.6 cm³/mol. The first-order valence-electron chi connectivity index (χ1n) is 6.80. The lowest BCUT2D eigenvalue weighted by Gasteiger charge is -2.45. The van der Waals surface area contributed by atoms with Crippen molar-refractivity contribution in [1.82, 2.24) is 9.21 Å². The fraction of sp³-hybridized carbons (Fsp3) is 0.500. The summed E-state index contributed by atoms with van der Waals surface area (Å²) in [7, 11) is -4.09. The lowest BCUT2D eigenvalue weighted by molar-refractivity contribution is -0.132. The van der Waals surface area contributed by atoms with E-state index in [1.165, 1.54) is 23.4 Å². The van der Waals surface area contributed by atoms with E-state index in [1.807, 2.05) is 0 Å². The van der Waals surface area contributed by atoms with Crippen molar-refractivity contribution in [3.8, 4) is 0 Å². The number of sulfonamides is 1. The molecule has 0 radical (unpaired) electrons. The Kier molecular flexibility index (Phi) is 4.52. The van der Waals surface area contributed by atoms with Crippen molar-refractivity contribution in [2.24, 2.45) is 0 Å². The minimum Gasteiger partial charge on any atom is -0.340 e. The molecule has 0 unspecified atom stereocenters. The summed E-state index contributed by atoms with van der Waals surface area (Å²) in [6, 6.07) is 3.77. The lowest BCUT2D eigenvalue weighted by atomic mass is 10.0. The van der Waals surface area contributed by atoms with Crippen LogP contribution in [0.4, 0.5) is 4.39 Å². The average Bonchev–Trinajstić information content (AvgIpc) is 2.36. The van der Waals surface area contributed by atoms with Gasteiger partial charge in [-0.25, -0.2) is 12.8 Å². The minimum absolute atomic E-state index is 0.0968. The van der Waals surface area contributed by atoms with Crippen molar-refractivity contribution in [2.75, 3.05) is 19.6 Å². The van der Waals surface area contributed by atoms with Crippen molar-refractivity contribution in [3.05, 3.63) is 29.0 Å². The zero-order valence-electron chi connectivity index (χ0n) is 12.6. The highest BCUT2D eigenvalue weighted by Crippen LogP contribution is 2.33. The standard InChI is InChI=1S/C14H18ClFN2O3S/c1-10(19)17-7-8-18(14(2,3)9-17)22(20,21)13-11(15)5-4-6-12(13)16/h4-6H,7-9H2,1-3H3. The molecule has 0 bridgehead atoms. The third-order valence-corrected chi connectivity index (χ3v) is 6.35. The van der Waals surface area contributed by atoms with E-state index < -0.39 is 26.3 Å². The van der Waals surface area contributed by atoms with Gasteiger partial charge in [0, 0.05) is 32.1 Å². The second-order valence-corrected chi connectivity index (χ2v) is 8.09. The highest BCUT2D eigenvalue weighted by Gasteiger charge is 2.43. The molecule has 0 saturated carbocycles. The van der Waals surface area contributed by atoms with E-state index in [0.717, 1.165) is 6.07 Å². The van der Waals surface area contributed by atoms with Gasteiger partial charge in [-0.3, -0.25) is 4.79 Å². The van der Waals surface area contributed by atoms with Crippen LogP contribution in [0.2, 0.25) is 5.02 Å². The molecule has 22 heavy (non-hydrogen) atoms. The Morgan fingerprint density at radius 1 is 1.32 bits per heavy atom. The smallest absolute Gasteiger partial charge is 0.248 e. The Morgan fingerprint density at radius 2 is 1.95 bits per heavy atom. The second kappa shape index (κ2) is 5.79. The van der Waals surface area contributed by atoms with E-state index in [2.05, 4.69) is 0 Å². The normalized spacial score (nSPS) is 19.2. The molecule has 8 heteroatoms. The Bertz CT molecular complexity index is 686. The molecule has 0 aliphatic carbocycles. The van der Waals surface area contributed by atoms with Crippen LogP contribution >= 0.6 is 11.6 Å². The number of carbonyl (C=O) groups is 1. The summed E-state index contributed by atoms with van der Waals surface area (Å²) in [5.74, 6) is -0.994.